The quantitative estimate of drug-likeness (QED) is 0.911. The van der Waals surface area contributed by atoms with E-state index < -0.39 is 0 Å². The molecule has 24 heavy (non-hydrogen) atoms. The molecular formula is C18H19N3O3. The van der Waals surface area contributed by atoms with E-state index in [0.717, 1.165) is 17.7 Å². The van der Waals surface area contributed by atoms with E-state index in [1.807, 2.05) is 29.2 Å². The minimum atomic E-state index is -0.0122. The third kappa shape index (κ3) is 2.64. The largest absolute Gasteiger partial charge is 0.493 e. The molecule has 2 amide bonds. The molecule has 2 aliphatic heterocycles. The number of rotatable bonds is 2. The van der Waals surface area contributed by atoms with Gasteiger partial charge in [-0.1, -0.05) is 0 Å². The zero-order valence-electron chi connectivity index (χ0n) is 13.3. The fourth-order valence-corrected chi connectivity index (χ4v) is 3.25. The van der Waals surface area contributed by atoms with Crippen LogP contribution >= 0.6 is 0 Å². The number of ether oxygens (including phenoxy) is 1. The number of amides is 2. The van der Waals surface area contributed by atoms with Crippen molar-refractivity contribution in [3.63, 3.8) is 0 Å². The summed E-state index contributed by atoms with van der Waals surface area (Å²) in [5, 5.41) is 0. The van der Waals surface area contributed by atoms with Gasteiger partial charge in [-0.05, 0) is 35.9 Å². The van der Waals surface area contributed by atoms with E-state index in [9.17, 15) is 9.59 Å². The topological polar surface area (TPSA) is 65.6 Å². The summed E-state index contributed by atoms with van der Waals surface area (Å²) in [7, 11) is 0. The Bertz CT molecular complexity index is 762. The number of fused-ring (bicyclic) bond motifs is 1. The number of carbonyl (C=O) groups excluding carboxylic acids is 2. The van der Waals surface area contributed by atoms with Gasteiger partial charge in [0.25, 0.3) is 11.8 Å². The third-order valence-corrected chi connectivity index (χ3v) is 4.62. The van der Waals surface area contributed by atoms with Crippen molar-refractivity contribution in [3.05, 3.63) is 53.3 Å². The van der Waals surface area contributed by atoms with Crippen molar-refractivity contribution in [1.82, 2.24) is 14.8 Å². The highest BCUT2D eigenvalue weighted by atomic mass is 16.5. The molecule has 0 aliphatic carbocycles. The average Bonchev–Trinajstić information content (AvgIpc) is 3.31. The van der Waals surface area contributed by atoms with Crippen molar-refractivity contribution < 1.29 is 14.3 Å². The lowest BCUT2D eigenvalue weighted by Crippen LogP contribution is -2.50. The van der Waals surface area contributed by atoms with Gasteiger partial charge in [-0.25, -0.2) is 0 Å². The highest BCUT2D eigenvalue weighted by Crippen LogP contribution is 2.26. The van der Waals surface area contributed by atoms with E-state index in [2.05, 4.69) is 4.98 Å². The van der Waals surface area contributed by atoms with Crippen LogP contribution in [0.15, 0.2) is 36.5 Å². The lowest BCUT2D eigenvalue weighted by Gasteiger charge is -2.34. The van der Waals surface area contributed by atoms with E-state index in [-0.39, 0.29) is 11.8 Å². The van der Waals surface area contributed by atoms with Gasteiger partial charge in [-0.2, -0.15) is 0 Å². The Balaban J connectivity index is 1.40. The molecule has 1 fully saturated rings. The standard InChI is InChI=1S/C18H19N3O3/c22-17(14-3-4-16-13(12-14)5-11-24-16)20-7-9-21(10-8-20)18(23)15-2-1-6-19-15/h1-4,6,12,19H,5,7-11H2. The number of hydrogen-bond donors (Lipinski definition) is 1. The molecule has 6 nitrogen and oxygen atoms in total. The zero-order valence-corrected chi connectivity index (χ0v) is 13.3. The first-order chi connectivity index (χ1) is 11.7. The summed E-state index contributed by atoms with van der Waals surface area (Å²) in [4.78, 5) is 31.5. The van der Waals surface area contributed by atoms with Crippen LogP contribution in [0.2, 0.25) is 0 Å². The monoisotopic (exact) mass is 325 g/mol. The van der Waals surface area contributed by atoms with Gasteiger partial charge < -0.3 is 19.5 Å². The Hall–Kier alpha value is -2.76. The molecule has 0 bridgehead atoms. The Kier molecular flexibility index (Phi) is 3.72. The number of carbonyl (C=O) groups is 2. The van der Waals surface area contributed by atoms with Crippen LogP contribution in [-0.2, 0) is 6.42 Å². The molecule has 0 spiro atoms. The Morgan fingerprint density at radius 1 is 1.00 bits per heavy atom. The maximum Gasteiger partial charge on any atom is 0.270 e. The second kappa shape index (κ2) is 6.03. The molecule has 6 heteroatoms. The Morgan fingerprint density at radius 3 is 2.46 bits per heavy atom. The minimum Gasteiger partial charge on any atom is -0.493 e. The van der Waals surface area contributed by atoms with Crippen molar-refractivity contribution in [1.29, 1.82) is 0 Å². The van der Waals surface area contributed by atoms with E-state index in [1.54, 1.807) is 17.2 Å². The smallest absolute Gasteiger partial charge is 0.270 e. The molecule has 124 valence electrons. The van der Waals surface area contributed by atoms with Crippen LogP contribution in [0.25, 0.3) is 0 Å². The number of H-pyrrole nitrogens is 1. The first-order valence-electron chi connectivity index (χ1n) is 8.20. The number of piperazine rings is 1. The predicted octanol–water partition coefficient (Wildman–Crippen LogP) is 1.55. The summed E-state index contributed by atoms with van der Waals surface area (Å²) in [5.74, 6) is 0.895. The van der Waals surface area contributed by atoms with Crippen LogP contribution in [-0.4, -0.2) is 59.4 Å². The number of nitrogens with one attached hydrogen (secondary N) is 1. The van der Waals surface area contributed by atoms with Gasteiger partial charge in [-0.15, -0.1) is 0 Å². The summed E-state index contributed by atoms with van der Waals surface area (Å²) in [5.41, 5.74) is 2.39. The summed E-state index contributed by atoms with van der Waals surface area (Å²) in [6.45, 7) is 2.90. The molecule has 2 aliphatic rings. The van der Waals surface area contributed by atoms with Crippen molar-refractivity contribution in [2.24, 2.45) is 0 Å². The van der Waals surface area contributed by atoms with Crippen LogP contribution in [0.1, 0.15) is 26.4 Å². The molecule has 0 saturated carbocycles. The maximum absolute atomic E-state index is 12.7. The average molecular weight is 325 g/mol. The van der Waals surface area contributed by atoms with Crippen LogP contribution in [0.5, 0.6) is 5.75 Å². The van der Waals surface area contributed by atoms with Gasteiger partial charge in [0.2, 0.25) is 0 Å². The molecule has 3 heterocycles. The van der Waals surface area contributed by atoms with E-state index in [0.29, 0.717) is 44.0 Å². The second-order valence-corrected chi connectivity index (χ2v) is 6.09. The first kappa shape index (κ1) is 14.8. The SMILES string of the molecule is O=C(c1ccc2c(c1)CCO2)N1CCN(C(=O)c2ccc[nH]2)CC1. The summed E-state index contributed by atoms with van der Waals surface area (Å²) in [6, 6.07) is 9.21. The molecule has 0 radical (unpaired) electrons. The number of aromatic nitrogens is 1. The van der Waals surface area contributed by atoms with E-state index in [4.69, 9.17) is 4.74 Å². The van der Waals surface area contributed by atoms with Crippen molar-refractivity contribution in [2.45, 2.75) is 6.42 Å². The van der Waals surface area contributed by atoms with Crippen LogP contribution in [0, 0.1) is 0 Å². The lowest BCUT2D eigenvalue weighted by atomic mass is 10.1. The van der Waals surface area contributed by atoms with Crippen molar-refractivity contribution in [3.8, 4) is 5.75 Å². The summed E-state index contributed by atoms with van der Waals surface area (Å²) >= 11 is 0. The number of hydrogen-bond acceptors (Lipinski definition) is 3. The van der Waals surface area contributed by atoms with Gasteiger partial charge in [0, 0.05) is 44.4 Å². The summed E-state index contributed by atoms with van der Waals surface area (Å²) in [6.07, 6.45) is 2.60. The fraction of sp³-hybridized carbons (Fsp3) is 0.333. The molecule has 0 atom stereocenters. The highest BCUT2D eigenvalue weighted by Gasteiger charge is 2.26. The van der Waals surface area contributed by atoms with E-state index in [1.165, 1.54) is 0 Å². The van der Waals surface area contributed by atoms with Crippen LogP contribution in [0.3, 0.4) is 0 Å². The molecule has 0 unspecified atom stereocenters. The van der Waals surface area contributed by atoms with E-state index >= 15 is 0 Å². The molecule has 1 saturated heterocycles. The molecule has 1 aromatic carbocycles. The maximum atomic E-state index is 12.7. The van der Waals surface area contributed by atoms with Crippen LogP contribution in [0.4, 0.5) is 0 Å². The third-order valence-electron chi connectivity index (χ3n) is 4.62. The van der Waals surface area contributed by atoms with Crippen LogP contribution < -0.4 is 4.74 Å². The zero-order chi connectivity index (χ0) is 16.5. The summed E-state index contributed by atoms with van der Waals surface area (Å²) < 4.78 is 5.48. The highest BCUT2D eigenvalue weighted by molar-refractivity contribution is 5.95. The fourth-order valence-electron chi connectivity index (χ4n) is 3.25. The van der Waals surface area contributed by atoms with Gasteiger partial charge >= 0.3 is 0 Å². The Morgan fingerprint density at radius 2 is 1.75 bits per heavy atom. The van der Waals surface area contributed by atoms with Gasteiger partial charge in [0.05, 0.1) is 6.61 Å². The van der Waals surface area contributed by atoms with Crippen molar-refractivity contribution in [2.75, 3.05) is 32.8 Å². The predicted molar refractivity (Wildman–Crippen MR) is 88.2 cm³/mol. The molecule has 2 aromatic rings. The lowest BCUT2D eigenvalue weighted by molar-refractivity contribution is 0.0532. The minimum absolute atomic E-state index is 0.0122. The molecule has 4 rings (SSSR count). The van der Waals surface area contributed by atoms with Crippen molar-refractivity contribution >= 4 is 11.8 Å². The molecular weight excluding hydrogens is 306 g/mol. The van der Waals surface area contributed by atoms with Gasteiger partial charge in [0.15, 0.2) is 0 Å². The number of nitrogens with zero attached hydrogens (tertiary/aromatic N) is 2. The normalized spacial score (nSPS) is 16.7. The Labute approximate surface area is 140 Å². The second-order valence-electron chi connectivity index (χ2n) is 6.09. The molecule has 1 aromatic heterocycles. The number of benzene rings is 1. The number of aromatic amines is 1. The molecule has 1 N–H and O–H groups in total. The van der Waals surface area contributed by atoms with Gasteiger partial charge in [-0.3, -0.25) is 9.59 Å². The van der Waals surface area contributed by atoms with Gasteiger partial charge in [0.1, 0.15) is 11.4 Å². The first-order valence-corrected chi connectivity index (χ1v) is 8.20.